The van der Waals surface area contributed by atoms with E-state index in [1.807, 2.05) is 6.92 Å². The number of benzene rings is 1. The molecule has 1 saturated heterocycles. The Hall–Kier alpha value is -2.90. The summed E-state index contributed by atoms with van der Waals surface area (Å²) >= 11 is 0. The molecule has 0 spiro atoms. The minimum Gasteiger partial charge on any atom is -0.338 e. The molecule has 8 nitrogen and oxygen atoms in total. The maximum atomic E-state index is 12.2. The Kier molecular flexibility index (Phi) is 5.89. The molecule has 0 atom stereocenters. The number of hydrogen-bond acceptors (Lipinski definition) is 4. The van der Waals surface area contributed by atoms with Gasteiger partial charge in [0, 0.05) is 50.9 Å². The van der Waals surface area contributed by atoms with Crippen LogP contribution in [-0.2, 0) is 4.79 Å². The van der Waals surface area contributed by atoms with Crippen LogP contribution in [0.4, 0.5) is 10.5 Å². The normalized spacial score (nSPS) is 14.7. The van der Waals surface area contributed by atoms with Crippen molar-refractivity contribution in [3.63, 3.8) is 0 Å². The highest BCUT2D eigenvalue weighted by molar-refractivity contribution is 5.92. The second kappa shape index (κ2) is 8.09. The Morgan fingerprint density at radius 3 is 2.54 bits per heavy atom. The van der Waals surface area contributed by atoms with Gasteiger partial charge in [-0.3, -0.25) is 14.9 Å². The first-order valence-corrected chi connectivity index (χ1v) is 7.75. The topological polar surface area (TPSA) is 95.8 Å². The number of nitrogens with one attached hydrogen (secondary N) is 1. The van der Waals surface area contributed by atoms with Gasteiger partial charge in [0.1, 0.15) is 0 Å². The highest BCUT2D eigenvalue weighted by Crippen LogP contribution is 2.14. The van der Waals surface area contributed by atoms with Gasteiger partial charge in [0.15, 0.2) is 0 Å². The molecule has 1 aromatic carbocycles. The quantitative estimate of drug-likeness (QED) is 0.513. The fourth-order valence-corrected chi connectivity index (χ4v) is 2.41. The summed E-state index contributed by atoms with van der Waals surface area (Å²) in [6, 6.07) is 5.98. The first-order valence-electron chi connectivity index (χ1n) is 7.75. The van der Waals surface area contributed by atoms with E-state index in [2.05, 4.69) is 5.32 Å². The van der Waals surface area contributed by atoms with Crippen LogP contribution in [0.5, 0.6) is 0 Å². The van der Waals surface area contributed by atoms with Crippen molar-refractivity contribution in [2.45, 2.75) is 6.92 Å². The van der Waals surface area contributed by atoms with Gasteiger partial charge >= 0.3 is 6.03 Å². The van der Waals surface area contributed by atoms with Crippen molar-refractivity contribution in [3.05, 3.63) is 46.0 Å². The van der Waals surface area contributed by atoms with Crippen molar-refractivity contribution in [2.75, 3.05) is 32.7 Å². The molecule has 1 heterocycles. The van der Waals surface area contributed by atoms with Gasteiger partial charge in [-0.25, -0.2) is 4.79 Å². The summed E-state index contributed by atoms with van der Waals surface area (Å²) in [5.74, 6) is -0.169. The molecule has 1 aliphatic heterocycles. The zero-order valence-electron chi connectivity index (χ0n) is 13.5. The van der Waals surface area contributed by atoms with E-state index in [1.165, 1.54) is 18.2 Å². The van der Waals surface area contributed by atoms with E-state index >= 15 is 0 Å². The van der Waals surface area contributed by atoms with E-state index in [1.54, 1.807) is 28.0 Å². The average Bonchev–Trinajstić information content (AvgIpc) is 2.60. The highest BCUT2D eigenvalue weighted by Gasteiger charge is 2.22. The molecule has 128 valence electrons. The van der Waals surface area contributed by atoms with E-state index in [9.17, 15) is 19.7 Å². The van der Waals surface area contributed by atoms with E-state index in [4.69, 9.17) is 0 Å². The highest BCUT2D eigenvalue weighted by atomic mass is 16.6. The van der Waals surface area contributed by atoms with Gasteiger partial charge in [-0.15, -0.1) is 0 Å². The molecule has 0 aliphatic carbocycles. The van der Waals surface area contributed by atoms with Gasteiger partial charge in [0.05, 0.1) is 4.92 Å². The number of piperazine rings is 1. The lowest BCUT2D eigenvalue weighted by molar-refractivity contribution is -0.384. The van der Waals surface area contributed by atoms with Gasteiger partial charge in [-0.1, -0.05) is 12.1 Å². The number of rotatable bonds is 4. The van der Waals surface area contributed by atoms with E-state index in [-0.39, 0.29) is 17.6 Å². The zero-order chi connectivity index (χ0) is 17.5. The average molecular weight is 332 g/mol. The number of nitrogens with zero attached hydrogens (tertiary/aromatic N) is 3. The number of hydrogen-bond donors (Lipinski definition) is 1. The number of nitro groups is 1. The lowest BCUT2D eigenvalue weighted by atomic mass is 10.2. The van der Waals surface area contributed by atoms with E-state index in [0.717, 1.165) is 0 Å². The molecule has 1 N–H and O–H groups in total. The fraction of sp³-hybridized carbons (Fsp3) is 0.375. The first kappa shape index (κ1) is 17.5. The SMILES string of the molecule is CCNC(=O)N1CCN(C(=O)/C=C/c2cccc([N+](=O)[O-])c2)CC1. The Balaban J connectivity index is 1.90. The third kappa shape index (κ3) is 4.55. The minimum absolute atomic E-state index is 0.0138. The summed E-state index contributed by atoms with van der Waals surface area (Å²) in [7, 11) is 0. The van der Waals surface area contributed by atoms with Crippen molar-refractivity contribution in [1.29, 1.82) is 0 Å². The predicted molar refractivity (Wildman–Crippen MR) is 89.4 cm³/mol. The molecule has 0 aromatic heterocycles. The largest absolute Gasteiger partial charge is 0.338 e. The number of amides is 3. The van der Waals surface area contributed by atoms with Crippen molar-refractivity contribution >= 4 is 23.7 Å². The van der Waals surface area contributed by atoms with Crippen LogP contribution in [0.3, 0.4) is 0 Å². The van der Waals surface area contributed by atoms with Gasteiger partial charge < -0.3 is 15.1 Å². The van der Waals surface area contributed by atoms with Crippen LogP contribution in [0.1, 0.15) is 12.5 Å². The van der Waals surface area contributed by atoms with E-state index in [0.29, 0.717) is 38.3 Å². The molecule has 0 saturated carbocycles. The van der Waals surface area contributed by atoms with Crippen molar-refractivity contribution < 1.29 is 14.5 Å². The molecule has 3 amide bonds. The second-order valence-electron chi connectivity index (χ2n) is 5.33. The smallest absolute Gasteiger partial charge is 0.317 e. The van der Waals surface area contributed by atoms with Gasteiger partial charge in [0.25, 0.3) is 5.69 Å². The number of carbonyl (C=O) groups is 2. The molecule has 0 unspecified atom stereocenters. The van der Waals surface area contributed by atoms with Crippen molar-refractivity contribution in [3.8, 4) is 0 Å². The third-order valence-electron chi connectivity index (χ3n) is 3.71. The minimum atomic E-state index is -0.472. The molecule has 1 aromatic rings. The van der Waals surface area contributed by atoms with Crippen LogP contribution >= 0.6 is 0 Å². The van der Waals surface area contributed by atoms with Gasteiger partial charge in [-0.2, -0.15) is 0 Å². The Bertz CT molecular complexity index is 651. The van der Waals surface area contributed by atoms with Crippen LogP contribution < -0.4 is 5.32 Å². The molecule has 2 rings (SSSR count). The molecule has 24 heavy (non-hydrogen) atoms. The molecule has 8 heteroatoms. The molecule has 1 fully saturated rings. The van der Waals surface area contributed by atoms with Crippen molar-refractivity contribution in [1.82, 2.24) is 15.1 Å². The lowest BCUT2D eigenvalue weighted by Gasteiger charge is -2.34. The van der Waals surface area contributed by atoms with Crippen LogP contribution in [0, 0.1) is 10.1 Å². The number of non-ortho nitro benzene ring substituents is 1. The fourth-order valence-electron chi connectivity index (χ4n) is 2.41. The summed E-state index contributed by atoms with van der Waals surface area (Å²) in [6.45, 7) is 4.34. The molecule has 1 aliphatic rings. The molecular weight excluding hydrogens is 312 g/mol. The van der Waals surface area contributed by atoms with Crippen LogP contribution in [0.2, 0.25) is 0 Å². The Morgan fingerprint density at radius 1 is 1.25 bits per heavy atom. The Morgan fingerprint density at radius 2 is 1.92 bits per heavy atom. The van der Waals surface area contributed by atoms with Gasteiger partial charge in [0.2, 0.25) is 5.91 Å². The zero-order valence-corrected chi connectivity index (χ0v) is 13.5. The number of nitro benzene ring substituents is 1. The monoisotopic (exact) mass is 332 g/mol. The summed E-state index contributed by atoms with van der Waals surface area (Å²) in [5, 5.41) is 13.5. The molecule has 0 bridgehead atoms. The van der Waals surface area contributed by atoms with Crippen molar-refractivity contribution in [2.24, 2.45) is 0 Å². The Labute approximate surface area is 139 Å². The van der Waals surface area contributed by atoms with E-state index < -0.39 is 4.92 Å². The summed E-state index contributed by atoms with van der Waals surface area (Å²) in [5.41, 5.74) is 0.582. The summed E-state index contributed by atoms with van der Waals surface area (Å²) < 4.78 is 0. The standard InChI is InChI=1S/C16H20N4O4/c1-2-17-16(22)19-10-8-18(9-11-19)15(21)7-6-13-4-3-5-14(12-13)20(23)24/h3-7,12H,2,8-11H2,1H3,(H,17,22)/b7-6+. The third-order valence-corrected chi connectivity index (χ3v) is 3.71. The van der Waals surface area contributed by atoms with Crippen LogP contribution in [-0.4, -0.2) is 59.4 Å². The summed E-state index contributed by atoms with van der Waals surface area (Å²) in [4.78, 5) is 37.5. The van der Waals surface area contributed by atoms with Crippen LogP contribution in [0.25, 0.3) is 6.08 Å². The maximum absolute atomic E-state index is 12.2. The lowest BCUT2D eigenvalue weighted by Crippen LogP contribution is -2.52. The summed E-state index contributed by atoms with van der Waals surface area (Å²) in [6.07, 6.45) is 2.96. The predicted octanol–water partition coefficient (Wildman–Crippen LogP) is 1.48. The molecule has 0 radical (unpaired) electrons. The molecular formula is C16H20N4O4. The van der Waals surface area contributed by atoms with Crippen LogP contribution in [0.15, 0.2) is 30.3 Å². The maximum Gasteiger partial charge on any atom is 0.317 e. The second-order valence-corrected chi connectivity index (χ2v) is 5.33. The number of carbonyl (C=O) groups excluding carboxylic acids is 2. The first-order chi connectivity index (χ1) is 11.5. The number of urea groups is 1. The van der Waals surface area contributed by atoms with Gasteiger partial charge in [-0.05, 0) is 18.6 Å².